The van der Waals surface area contributed by atoms with Crippen molar-refractivity contribution in [2.45, 2.75) is 26.7 Å². The highest BCUT2D eigenvalue weighted by molar-refractivity contribution is 5.82. The van der Waals surface area contributed by atoms with Gasteiger partial charge in [0.15, 0.2) is 11.5 Å². The van der Waals surface area contributed by atoms with Crippen LogP contribution < -0.4 is 14.9 Å². The number of carbonyl (C=O) groups is 1. The number of benzene rings is 1. The summed E-state index contributed by atoms with van der Waals surface area (Å²) < 4.78 is 15.6. The molecule has 0 saturated carbocycles. The van der Waals surface area contributed by atoms with Crippen LogP contribution in [0, 0.1) is 0 Å². The minimum absolute atomic E-state index is 0.305. The van der Waals surface area contributed by atoms with Gasteiger partial charge in [0.25, 0.3) is 0 Å². The lowest BCUT2D eigenvalue weighted by atomic mass is 10.2. The Labute approximate surface area is 125 Å². The first-order valence-corrected chi connectivity index (χ1v) is 6.97. The highest BCUT2D eigenvalue weighted by Gasteiger charge is 2.05. The molecule has 0 bridgehead atoms. The molecular weight excluding hydrogens is 272 g/mol. The number of hydrazone groups is 1. The number of ether oxygens (including phenoxy) is 3. The molecule has 0 fully saturated rings. The summed E-state index contributed by atoms with van der Waals surface area (Å²) in [6.07, 6.45) is 3.00. The molecule has 1 aromatic carbocycles. The van der Waals surface area contributed by atoms with Crippen LogP contribution in [0.3, 0.4) is 0 Å². The zero-order chi connectivity index (χ0) is 15.5. The lowest BCUT2D eigenvalue weighted by Gasteiger charge is -2.10. The summed E-state index contributed by atoms with van der Waals surface area (Å²) in [5.74, 6) is 1.33. The second-order valence-electron chi connectivity index (χ2n) is 4.20. The summed E-state index contributed by atoms with van der Waals surface area (Å²) in [7, 11) is 1.58. The zero-order valence-electron chi connectivity index (χ0n) is 12.7. The van der Waals surface area contributed by atoms with E-state index in [2.05, 4.69) is 17.5 Å². The van der Waals surface area contributed by atoms with E-state index in [0.717, 1.165) is 18.4 Å². The van der Waals surface area contributed by atoms with E-state index < -0.39 is 6.09 Å². The number of methoxy groups -OCH3 is 1. The average molecular weight is 294 g/mol. The van der Waals surface area contributed by atoms with Crippen molar-refractivity contribution in [3.05, 3.63) is 23.8 Å². The van der Waals surface area contributed by atoms with Crippen LogP contribution >= 0.6 is 0 Å². The van der Waals surface area contributed by atoms with E-state index in [9.17, 15) is 4.79 Å². The summed E-state index contributed by atoms with van der Waals surface area (Å²) in [6, 6.07) is 5.44. The number of nitrogens with zero attached hydrogens (tertiary/aromatic N) is 1. The number of hydrogen-bond acceptors (Lipinski definition) is 5. The van der Waals surface area contributed by atoms with E-state index in [1.54, 1.807) is 20.1 Å². The van der Waals surface area contributed by atoms with Crippen LogP contribution in [0.5, 0.6) is 11.5 Å². The molecule has 21 heavy (non-hydrogen) atoms. The Morgan fingerprint density at radius 2 is 2.14 bits per heavy atom. The number of carbonyl (C=O) groups excluding carboxylic acids is 1. The summed E-state index contributed by atoms with van der Waals surface area (Å²) in [5, 5.41) is 3.79. The first kappa shape index (κ1) is 16.8. The quantitative estimate of drug-likeness (QED) is 0.454. The maximum atomic E-state index is 11.1. The summed E-state index contributed by atoms with van der Waals surface area (Å²) in [6.45, 7) is 4.80. The van der Waals surface area contributed by atoms with E-state index in [-0.39, 0.29) is 0 Å². The minimum atomic E-state index is -0.583. The molecule has 0 aromatic heterocycles. The van der Waals surface area contributed by atoms with Crippen LogP contribution in [-0.2, 0) is 4.74 Å². The van der Waals surface area contributed by atoms with Crippen molar-refractivity contribution < 1.29 is 19.0 Å². The monoisotopic (exact) mass is 294 g/mol. The maximum Gasteiger partial charge on any atom is 0.427 e. The first-order valence-electron chi connectivity index (χ1n) is 6.97. The van der Waals surface area contributed by atoms with Gasteiger partial charge in [0, 0.05) is 0 Å². The molecule has 0 spiro atoms. The Balaban J connectivity index is 2.64. The molecule has 0 aliphatic rings. The highest BCUT2D eigenvalue weighted by atomic mass is 16.5. The highest BCUT2D eigenvalue weighted by Crippen LogP contribution is 2.27. The Morgan fingerprint density at radius 1 is 1.33 bits per heavy atom. The first-order chi connectivity index (χ1) is 10.2. The van der Waals surface area contributed by atoms with Crippen LogP contribution in [0.2, 0.25) is 0 Å². The van der Waals surface area contributed by atoms with E-state index in [0.29, 0.717) is 24.7 Å². The molecule has 6 nitrogen and oxygen atoms in total. The van der Waals surface area contributed by atoms with Gasteiger partial charge in [0.05, 0.1) is 26.5 Å². The van der Waals surface area contributed by atoms with Gasteiger partial charge in [-0.05, 0) is 37.1 Å². The van der Waals surface area contributed by atoms with Crippen molar-refractivity contribution in [2.75, 3.05) is 20.3 Å². The molecule has 1 amide bonds. The zero-order valence-corrected chi connectivity index (χ0v) is 12.7. The van der Waals surface area contributed by atoms with Gasteiger partial charge in [-0.25, -0.2) is 10.2 Å². The molecule has 0 saturated heterocycles. The van der Waals surface area contributed by atoms with Gasteiger partial charge in [-0.3, -0.25) is 0 Å². The van der Waals surface area contributed by atoms with Gasteiger partial charge in [-0.1, -0.05) is 13.3 Å². The Kier molecular flexibility index (Phi) is 7.71. The van der Waals surface area contributed by atoms with Crippen molar-refractivity contribution in [2.24, 2.45) is 5.10 Å². The Hall–Kier alpha value is -2.24. The van der Waals surface area contributed by atoms with Crippen LogP contribution in [0.25, 0.3) is 0 Å². The normalized spacial score (nSPS) is 10.4. The molecule has 6 heteroatoms. The molecule has 0 radical (unpaired) electrons. The topological polar surface area (TPSA) is 69.2 Å². The van der Waals surface area contributed by atoms with Gasteiger partial charge < -0.3 is 14.2 Å². The van der Waals surface area contributed by atoms with E-state index >= 15 is 0 Å². The average Bonchev–Trinajstić information content (AvgIpc) is 2.49. The fourth-order valence-corrected chi connectivity index (χ4v) is 1.53. The van der Waals surface area contributed by atoms with Gasteiger partial charge in [0.2, 0.25) is 0 Å². The number of rotatable bonds is 8. The smallest absolute Gasteiger partial charge is 0.427 e. The lowest BCUT2D eigenvalue weighted by molar-refractivity contribution is 0.152. The number of hydrogen-bond donors (Lipinski definition) is 1. The van der Waals surface area contributed by atoms with E-state index in [4.69, 9.17) is 14.2 Å². The van der Waals surface area contributed by atoms with Crippen molar-refractivity contribution in [1.29, 1.82) is 0 Å². The SMILES string of the molecule is CCCCOc1ccc(/C=N\NC(=O)OCC)cc1OC. The van der Waals surface area contributed by atoms with E-state index in [1.807, 2.05) is 12.1 Å². The van der Waals surface area contributed by atoms with Gasteiger partial charge in [-0.2, -0.15) is 5.10 Å². The molecule has 1 N–H and O–H groups in total. The van der Waals surface area contributed by atoms with Crippen molar-refractivity contribution in [1.82, 2.24) is 5.43 Å². The van der Waals surface area contributed by atoms with E-state index in [1.165, 1.54) is 6.21 Å². The standard InChI is InChI=1S/C15H22N2O4/c1-4-6-9-21-13-8-7-12(10-14(13)19-3)11-16-17-15(18)20-5-2/h7-8,10-11H,4-6,9H2,1-3H3,(H,17,18)/b16-11-. The summed E-state index contributed by atoms with van der Waals surface area (Å²) in [5.41, 5.74) is 3.05. The Morgan fingerprint density at radius 3 is 2.81 bits per heavy atom. The summed E-state index contributed by atoms with van der Waals surface area (Å²) in [4.78, 5) is 11.1. The molecule has 0 aliphatic carbocycles. The van der Waals surface area contributed by atoms with Crippen LogP contribution in [0.15, 0.2) is 23.3 Å². The second kappa shape index (κ2) is 9.63. The van der Waals surface area contributed by atoms with Crippen LogP contribution in [0.1, 0.15) is 32.3 Å². The third-order valence-corrected chi connectivity index (χ3v) is 2.59. The Bertz CT molecular complexity index is 475. The molecular formula is C15H22N2O4. The fraction of sp³-hybridized carbons (Fsp3) is 0.467. The second-order valence-corrected chi connectivity index (χ2v) is 4.20. The predicted molar refractivity (Wildman–Crippen MR) is 81.1 cm³/mol. The minimum Gasteiger partial charge on any atom is -0.493 e. The molecule has 116 valence electrons. The molecule has 0 unspecified atom stereocenters. The molecule has 1 aromatic rings. The lowest BCUT2D eigenvalue weighted by Crippen LogP contribution is -2.18. The largest absolute Gasteiger partial charge is 0.493 e. The van der Waals surface area contributed by atoms with Crippen LogP contribution in [-0.4, -0.2) is 32.6 Å². The number of nitrogens with one attached hydrogen (secondary N) is 1. The van der Waals surface area contributed by atoms with Crippen molar-refractivity contribution >= 4 is 12.3 Å². The van der Waals surface area contributed by atoms with Gasteiger partial charge in [-0.15, -0.1) is 0 Å². The van der Waals surface area contributed by atoms with Crippen molar-refractivity contribution in [3.8, 4) is 11.5 Å². The molecule has 0 atom stereocenters. The molecule has 1 rings (SSSR count). The van der Waals surface area contributed by atoms with Gasteiger partial charge >= 0.3 is 6.09 Å². The fourth-order valence-electron chi connectivity index (χ4n) is 1.53. The van der Waals surface area contributed by atoms with Gasteiger partial charge in [0.1, 0.15) is 0 Å². The number of unbranched alkanes of at least 4 members (excludes halogenated alkanes) is 1. The summed E-state index contributed by atoms with van der Waals surface area (Å²) >= 11 is 0. The predicted octanol–water partition coefficient (Wildman–Crippen LogP) is 2.95. The third kappa shape index (κ3) is 6.16. The molecule has 0 heterocycles. The number of amides is 1. The van der Waals surface area contributed by atoms with Crippen molar-refractivity contribution in [3.63, 3.8) is 0 Å². The van der Waals surface area contributed by atoms with Crippen LogP contribution in [0.4, 0.5) is 4.79 Å². The third-order valence-electron chi connectivity index (χ3n) is 2.59. The maximum absolute atomic E-state index is 11.1. The molecule has 0 aliphatic heterocycles.